The second-order valence-electron chi connectivity index (χ2n) is 4.95. The number of halogens is 1. The fourth-order valence-electron chi connectivity index (χ4n) is 2.46. The van der Waals surface area contributed by atoms with Crippen LogP contribution in [0.2, 0.25) is 0 Å². The van der Waals surface area contributed by atoms with E-state index in [0.29, 0.717) is 17.7 Å². The highest BCUT2D eigenvalue weighted by Gasteiger charge is 2.14. The molecule has 3 nitrogen and oxygen atoms in total. The fourth-order valence-corrected chi connectivity index (χ4v) is 2.46. The van der Waals surface area contributed by atoms with Crippen molar-refractivity contribution in [1.29, 1.82) is 0 Å². The normalized spacial score (nSPS) is 11.1. The van der Waals surface area contributed by atoms with E-state index in [0.717, 1.165) is 29.6 Å². The third kappa shape index (κ3) is 2.67. The van der Waals surface area contributed by atoms with Gasteiger partial charge in [-0.05, 0) is 30.5 Å². The quantitative estimate of drug-likeness (QED) is 0.716. The van der Waals surface area contributed by atoms with Crippen molar-refractivity contribution in [3.05, 3.63) is 54.3 Å². The zero-order valence-electron chi connectivity index (χ0n) is 11.9. The lowest BCUT2D eigenvalue weighted by atomic mass is 10.0. The Morgan fingerprint density at radius 1 is 1.14 bits per heavy atom. The Bertz CT molecular complexity index is 751. The van der Waals surface area contributed by atoms with Gasteiger partial charge in [0.15, 0.2) is 12.2 Å². The molecule has 0 atom stereocenters. The number of aromatic nitrogens is 1. The summed E-state index contributed by atoms with van der Waals surface area (Å²) in [6, 6.07) is 10.6. The van der Waals surface area contributed by atoms with Gasteiger partial charge < -0.3 is 9.73 Å². The number of oxazole rings is 1. The summed E-state index contributed by atoms with van der Waals surface area (Å²) in [6.07, 6.45) is 2.50. The van der Waals surface area contributed by atoms with Crippen LogP contribution in [0.5, 0.6) is 0 Å². The first-order valence-electron chi connectivity index (χ1n) is 7.12. The number of hydrogen-bond acceptors (Lipinski definition) is 3. The number of fused-ring (bicyclic) bond motifs is 1. The van der Waals surface area contributed by atoms with E-state index in [1.807, 2.05) is 18.2 Å². The summed E-state index contributed by atoms with van der Waals surface area (Å²) < 4.78 is 19.5. The highest BCUT2D eigenvalue weighted by atomic mass is 19.1. The molecule has 0 unspecified atom stereocenters. The van der Waals surface area contributed by atoms with E-state index in [2.05, 4.69) is 17.2 Å². The SMILES string of the molecule is CCCNCc1ncoc1-c1ccc(F)c2ccccc12. The van der Waals surface area contributed by atoms with Gasteiger partial charge in [-0.1, -0.05) is 31.2 Å². The van der Waals surface area contributed by atoms with Crippen LogP contribution in [0.15, 0.2) is 47.2 Å². The van der Waals surface area contributed by atoms with Crippen LogP contribution >= 0.6 is 0 Å². The van der Waals surface area contributed by atoms with Crippen molar-refractivity contribution >= 4 is 10.8 Å². The zero-order valence-corrected chi connectivity index (χ0v) is 11.9. The summed E-state index contributed by atoms with van der Waals surface area (Å²) in [5.41, 5.74) is 1.72. The van der Waals surface area contributed by atoms with Gasteiger partial charge in [-0.2, -0.15) is 0 Å². The molecule has 1 N–H and O–H groups in total. The Balaban J connectivity index is 2.05. The molecule has 0 spiro atoms. The molecule has 0 aliphatic rings. The first-order valence-corrected chi connectivity index (χ1v) is 7.12. The highest BCUT2D eigenvalue weighted by molar-refractivity contribution is 5.96. The third-order valence-corrected chi connectivity index (χ3v) is 3.48. The molecule has 3 rings (SSSR count). The monoisotopic (exact) mass is 284 g/mol. The molecule has 0 aliphatic carbocycles. The predicted molar refractivity (Wildman–Crippen MR) is 81.4 cm³/mol. The maximum absolute atomic E-state index is 13.9. The molecule has 3 aromatic rings. The van der Waals surface area contributed by atoms with Crippen molar-refractivity contribution in [3.8, 4) is 11.3 Å². The number of benzene rings is 2. The lowest BCUT2D eigenvalue weighted by Gasteiger charge is -2.07. The van der Waals surface area contributed by atoms with Crippen LogP contribution in [0.3, 0.4) is 0 Å². The minimum atomic E-state index is -0.223. The van der Waals surface area contributed by atoms with Gasteiger partial charge >= 0.3 is 0 Å². The molecule has 21 heavy (non-hydrogen) atoms. The molecule has 2 aromatic carbocycles. The Hall–Kier alpha value is -2.20. The van der Waals surface area contributed by atoms with E-state index in [4.69, 9.17) is 4.42 Å². The summed E-state index contributed by atoms with van der Waals surface area (Å²) in [5.74, 6) is 0.481. The standard InChI is InChI=1S/C17H17FN2O/c1-2-9-19-10-16-17(21-11-20-16)14-7-8-15(18)13-6-4-3-5-12(13)14/h3-8,11,19H,2,9-10H2,1H3. The Morgan fingerprint density at radius 3 is 2.76 bits per heavy atom. The Labute approximate surface area is 122 Å². The average molecular weight is 284 g/mol. The minimum absolute atomic E-state index is 0.223. The maximum Gasteiger partial charge on any atom is 0.181 e. The molecular formula is C17H17FN2O. The summed E-state index contributed by atoms with van der Waals surface area (Å²) in [4.78, 5) is 4.27. The fraction of sp³-hybridized carbons (Fsp3) is 0.235. The van der Waals surface area contributed by atoms with Gasteiger partial charge in [0.2, 0.25) is 0 Å². The zero-order chi connectivity index (χ0) is 14.7. The summed E-state index contributed by atoms with van der Waals surface area (Å²) >= 11 is 0. The number of nitrogens with one attached hydrogen (secondary N) is 1. The van der Waals surface area contributed by atoms with Gasteiger partial charge in [0.05, 0.1) is 0 Å². The van der Waals surface area contributed by atoms with Crippen LogP contribution in [-0.4, -0.2) is 11.5 Å². The van der Waals surface area contributed by atoms with Crippen molar-refractivity contribution in [1.82, 2.24) is 10.3 Å². The topological polar surface area (TPSA) is 38.1 Å². The van der Waals surface area contributed by atoms with Gasteiger partial charge in [-0.3, -0.25) is 0 Å². The third-order valence-electron chi connectivity index (χ3n) is 3.48. The van der Waals surface area contributed by atoms with Gasteiger partial charge in [0.1, 0.15) is 11.5 Å². The van der Waals surface area contributed by atoms with Crippen molar-refractivity contribution in [2.75, 3.05) is 6.54 Å². The molecule has 0 bridgehead atoms. The van der Waals surface area contributed by atoms with Gasteiger partial charge in [-0.25, -0.2) is 9.37 Å². The van der Waals surface area contributed by atoms with Gasteiger partial charge in [0.25, 0.3) is 0 Å². The van der Waals surface area contributed by atoms with Crippen LogP contribution < -0.4 is 5.32 Å². The van der Waals surface area contributed by atoms with Crippen LogP contribution in [0.1, 0.15) is 19.0 Å². The second kappa shape index (κ2) is 6.06. The molecule has 0 saturated heterocycles. The molecule has 4 heteroatoms. The molecule has 0 aliphatic heterocycles. The Kier molecular flexibility index (Phi) is 3.97. The molecule has 0 amide bonds. The lowest BCUT2D eigenvalue weighted by Crippen LogP contribution is -2.14. The second-order valence-corrected chi connectivity index (χ2v) is 4.95. The van der Waals surface area contributed by atoms with E-state index in [9.17, 15) is 4.39 Å². The molecular weight excluding hydrogens is 267 g/mol. The lowest BCUT2D eigenvalue weighted by molar-refractivity contribution is 0.569. The van der Waals surface area contributed by atoms with Crippen LogP contribution in [0, 0.1) is 5.82 Å². The van der Waals surface area contributed by atoms with Crippen molar-refractivity contribution < 1.29 is 8.81 Å². The van der Waals surface area contributed by atoms with Crippen LogP contribution in [0.25, 0.3) is 22.1 Å². The molecule has 0 radical (unpaired) electrons. The van der Waals surface area contributed by atoms with Gasteiger partial charge in [0, 0.05) is 17.5 Å². The van der Waals surface area contributed by atoms with Crippen molar-refractivity contribution in [2.24, 2.45) is 0 Å². The average Bonchev–Trinajstić information content (AvgIpc) is 2.97. The maximum atomic E-state index is 13.9. The van der Waals surface area contributed by atoms with E-state index in [1.165, 1.54) is 12.5 Å². The van der Waals surface area contributed by atoms with Crippen LogP contribution in [0.4, 0.5) is 4.39 Å². The Morgan fingerprint density at radius 2 is 1.95 bits per heavy atom. The number of rotatable bonds is 5. The first-order chi connectivity index (χ1) is 10.3. The van der Waals surface area contributed by atoms with Gasteiger partial charge in [-0.15, -0.1) is 0 Å². The molecule has 0 fully saturated rings. The number of nitrogens with zero attached hydrogens (tertiary/aromatic N) is 1. The minimum Gasteiger partial charge on any atom is -0.443 e. The van der Waals surface area contributed by atoms with E-state index >= 15 is 0 Å². The molecule has 108 valence electrons. The molecule has 0 saturated carbocycles. The summed E-state index contributed by atoms with van der Waals surface area (Å²) in [6.45, 7) is 3.69. The van der Waals surface area contributed by atoms with E-state index < -0.39 is 0 Å². The smallest absolute Gasteiger partial charge is 0.181 e. The largest absolute Gasteiger partial charge is 0.443 e. The highest BCUT2D eigenvalue weighted by Crippen LogP contribution is 2.32. The summed E-state index contributed by atoms with van der Waals surface area (Å²) in [5, 5.41) is 4.75. The molecule has 1 aromatic heterocycles. The van der Waals surface area contributed by atoms with E-state index in [-0.39, 0.29) is 5.82 Å². The van der Waals surface area contributed by atoms with Crippen molar-refractivity contribution in [2.45, 2.75) is 19.9 Å². The van der Waals surface area contributed by atoms with Crippen LogP contribution in [-0.2, 0) is 6.54 Å². The molecule has 1 heterocycles. The van der Waals surface area contributed by atoms with Crippen molar-refractivity contribution in [3.63, 3.8) is 0 Å². The first kappa shape index (κ1) is 13.8. The van der Waals surface area contributed by atoms with E-state index in [1.54, 1.807) is 12.1 Å². The summed E-state index contributed by atoms with van der Waals surface area (Å²) in [7, 11) is 0. The predicted octanol–water partition coefficient (Wildman–Crippen LogP) is 4.13. The number of hydrogen-bond donors (Lipinski definition) is 1.